The molecule has 1 aromatic carbocycles. The lowest BCUT2D eigenvalue weighted by Gasteiger charge is -2.11. The molecule has 2 heteroatoms. The molecular formula is C16H27NO. The highest BCUT2D eigenvalue weighted by molar-refractivity contribution is 5.44. The molecule has 0 amide bonds. The number of benzene rings is 1. The van der Waals surface area contributed by atoms with Crippen LogP contribution >= 0.6 is 0 Å². The summed E-state index contributed by atoms with van der Waals surface area (Å²) in [5.74, 6) is 0.586. The summed E-state index contributed by atoms with van der Waals surface area (Å²) in [6.45, 7) is 7.45. The third-order valence-corrected chi connectivity index (χ3v) is 3.24. The van der Waals surface area contributed by atoms with Crippen LogP contribution in [0.2, 0.25) is 0 Å². The van der Waals surface area contributed by atoms with Crippen LogP contribution in [0.1, 0.15) is 57.9 Å². The van der Waals surface area contributed by atoms with Gasteiger partial charge in [0.2, 0.25) is 0 Å². The van der Waals surface area contributed by atoms with E-state index in [0.29, 0.717) is 5.92 Å². The van der Waals surface area contributed by atoms with E-state index in [0.717, 1.165) is 32.2 Å². The van der Waals surface area contributed by atoms with Crippen molar-refractivity contribution in [2.24, 2.45) is 0 Å². The number of aliphatic hydroxyl groups excluding tert-OH is 1. The maximum atomic E-state index is 9.62. The normalized spacial score (nSPS) is 12.7. The summed E-state index contributed by atoms with van der Waals surface area (Å²) < 4.78 is 0. The van der Waals surface area contributed by atoms with Crippen molar-refractivity contribution in [1.82, 2.24) is 0 Å². The molecule has 0 radical (unpaired) electrons. The van der Waals surface area contributed by atoms with Gasteiger partial charge in [-0.2, -0.15) is 0 Å². The summed E-state index contributed by atoms with van der Waals surface area (Å²) >= 11 is 0. The quantitative estimate of drug-likeness (QED) is 0.678. The minimum atomic E-state index is -0.125. The molecule has 0 saturated heterocycles. The second-order valence-corrected chi connectivity index (χ2v) is 5.29. The number of hydrogen-bond acceptors (Lipinski definition) is 2. The Kier molecular flexibility index (Phi) is 6.81. The molecule has 0 aromatic heterocycles. The average Bonchev–Trinajstić information content (AvgIpc) is 2.35. The summed E-state index contributed by atoms with van der Waals surface area (Å²) in [4.78, 5) is 0. The van der Waals surface area contributed by atoms with E-state index in [1.807, 2.05) is 0 Å². The Morgan fingerprint density at radius 1 is 1.11 bits per heavy atom. The molecule has 0 bridgehead atoms. The molecule has 0 aliphatic rings. The summed E-state index contributed by atoms with van der Waals surface area (Å²) in [6.07, 6.45) is 3.77. The molecule has 0 saturated carbocycles. The van der Waals surface area contributed by atoms with Crippen molar-refractivity contribution >= 4 is 5.69 Å². The zero-order chi connectivity index (χ0) is 13.4. The summed E-state index contributed by atoms with van der Waals surface area (Å²) in [5, 5.41) is 13.0. The van der Waals surface area contributed by atoms with Crippen LogP contribution in [0.15, 0.2) is 24.3 Å². The highest BCUT2D eigenvalue weighted by Gasteiger charge is 2.02. The second kappa shape index (κ2) is 8.15. The van der Waals surface area contributed by atoms with Gasteiger partial charge in [-0.3, -0.25) is 0 Å². The number of anilines is 1. The van der Waals surface area contributed by atoms with Gasteiger partial charge in [0.25, 0.3) is 0 Å². The Morgan fingerprint density at radius 2 is 1.78 bits per heavy atom. The van der Waals surface area contributed by atoms with E-state index < -0.39 is 0 Å². The topological polar surface area (TPSA) is 32.3 Å². The van der Waals surface area contributed by atoms with E-state index >= 15 is 0 Å². The van der Waals surface area contributed by atoms with Crippen molar-refractivity contribution in [3.63, 3.8) is 0 Å². The predicted octanol–water partition coefficient (Wildman–Crippen LogP) is 4.16. The molecule has 0 fully saturated rings. The van der Waals surface area contributed by atoms with Crippen LogP contribution in [0.3, 0.4) is 0 Å². The standard InChI is InChI=1S/C16H27NO/c1-4-6-16(18)7-5-12-17-15-10-8-14(9-11-15)13(2)3/h8-11,13,16-18H,4-7,12H2,1-3H3. The fraction of sp³-hybridized carbons (Fsp3) is 0.625. The minimum Gasteiger partial charge on any atom is -0.393 e. The van der Waals surface area contributed by atoms with Gasteiger partial charge in [0.15, 0.2) is 0 Å². The molecule has 0 spiro atoms. The summed E-state index contributed by atoms with van der Waals surface area (Å²) in [7, 11) is 0. The molecular weight excluding hydrogens is 222 g/mol. The zero-order valence-corrected chi connectivity index (χ0v) is 11.9. The van der Waals surface area contributed by atoms with Gasteiger partial charge in [-0.1, -0.05) is 39.3 Å². The molecule has 2 nitrogen and oxygen atoms in total. The van der Waals surface area contributed by atoms with Crippen molar-refractivity contribution in [3.05, 3.63) is 29.8 Å². The Bertz CT molecular complexity index is 318. The van der Waals surface area contributed by atoms with E-state index in [1.165, 1.54) is 11.3 Å². The van der Waals surface area contributed by atoms with Gasteiger partial charge in [0, 0.05) is 12.2 Å². The molecule has 1 atom stereocenters. The number of nitrogens with one attached hydrogen (secondary N) is 1. The largest absolute Gasteiger partial charge is 0.393 e. The van der Waals surface area contributed by atoms with Crippen LogP contribution in [-0.2, 0) is 0 Å². The molecule has 1 unspecified atom stereocenters. The van der Waals surface area contributed by atoms with Gasteiger partial charge in [0.1, 0.15) is 0 Å². The van der Waals surface area contributed by atoms with E-state index in [1.54, 1.807) is 0 Å². The first kappa shape index (κ1) is 15.0. The molecule has 2 N–H and O–H groups in total. The fourth-order valence-corrected chi connectivity index (χ4v) is 2.03. The van der Waals surface area contributed by atoms with Crippen LogP contribution < -0.4 is 5.32 Å². The fourth-order valence-electron chi connectivity index (χ4n) is 2.03. The maximum Gasteiger partial charge on any atom is 0.0540 e. The Hall–Kier alpha value is -1.02. The van der Waals surface area contributed by atoms with Crippen LogP contribution in [0.4, 0.5) is 5.69 Å². The zero-order valence-electron chi connectivity index (χ0n) is 11.9. The van der Waals surface area contributed by atoms with Gasteiger partial charge < -0.3 is 10.4 Å². The average molecular weight is 249 g/mol. The Balaban J connectivity index is 2.23. The monoisotopic (exact) mass is 249 g/mol. The lowest BCUT2D eigenvalue weighted by Crippen LogP contribution is -2.09. The smallest absolute Gasteiger partial charge is 0.0540 e. The molecule has 0 heterocycles. The molecule has 1 aromatic rings. The van der Waals surface area contributed by atoms with Crippen molar-refractivity contribution in [2.75, 3.05) is 11.9 Å². The van der Waals surface area contributed by atoms with Crippen molar-refractivity contribution in [1.29, 1.82) is 0 Å². The van der Waals surface area contributed by atoms with Gasteiger partial charge in [-0.05, 0) is 42.9 Å². The third kappa shape index (κ3) is 5.54. The maximum absolute atomic E-state index is 9.62. The Morgan fingerprint density at radius 3 is 2.33 bits per heavy atom. The van der Waals surface area contributed by atoms with Crippen LogP contribution in [0.25, 0.3) is 0 Å². The second-order valence-electron chi connectivity index (χ2n) is 5.29. The van der Waals surface area contributed by atoms with Gasteiger partial charge in [0.05, 0.1) is 6.10 Å². The lowest BCUT2D eigenvalue weighted by molar-refractivity contribution is 0.152. The molecule has 1 rings (SSSR count). The van der Waals surface area contributed by atoms with E-state index in [4.69, 9.17) is 0 Å². The lowest BCUT2D eigenvalue weighted by atomic mass is 10.0. The van der Waals surface area contributed by atoms with E-state index in [2.05, 4.69) is 50.4 Å². The SMILES string of the molecule is CCCC(O)CCCNc1ccc(C(C)C)cc1. The Labute approximate surface area is 111 Å². The number of hydrogen-bond donors (Lipinski definition) is 2. The minimum absolute atomic E-state index is 0.125. The first-order valence-electron chi connectivity index (χ1n) is 7.15. The first-order chi connectivity index (χ1) is 8.63. The van der Waals surface area contributed by atoms with Crippen molar-refractivity contribution in [2.45, 2.75) is 58.5 Å². The van der Waals surface area contributed by atoms with E-state index in [9.17, 15) is 5.11 Å². The van der Waals surface area contributed by atoms with Gasteiger partial charge in [-0.15, -0.1) is 0 Å². The molecule has 0 aliphatic heterocycles. The van der Waals surface area contributed by atoms with Crippen LogP contribution in [0, 0.1) is 0 Å². The predicted molar refractivity (Wildman–Crippen MR) is 79.2 cm³/mol. The molecule has 102 valence electrons. The summed E-state index contributed by atoms with van der Waals surface area (Å²) in [5.41, 5.74) is 2.54. The van der Waals surface area contributed by atoms with Crippen molar-refractivity contribution < 1.29 is 5.11 Å². The molecule has 18 heavy (non-hydrogen) atoms. The van der Waals surface area contributed by atoms with E-state index in [-0.39, 0.29) is 6.10 Å². The highest BCUT2D eigenvalue weighted by Crippen LogP contribution is 2.17. The van der Waals surface area contributed by atoms with Crippen LogP contribution in [0.5, 0.6) is 0 Å². The highest BCUT2D eigenvalue weighted by atomic mass is 16.3. The summed E-state index contributed by atoms with van der Waals surface area (Å²) in [6, 6.07) is 8.63. The number of rotatable bonds is 8. The number of aliphatic hydroxyl groups is 1. The first-order valence-corrected chi connectivity index (χ1v) is 7.15. The third-order valence-electron chi connectivity index (χ3n) is 3.24. The molecule has 0 aliphatic carbocycles. The van der Waals surface area contributed by atoms with Crippen molar-refractivity contribution in [3.8, 4) is 0 Å². The van der Waals surface area contributed by atoms with Crippen LogP contribution in [-0.4, -0.2) is 17.8 Å². The van der Waals surface area contributed by atoms with Gasteiger partial charge >= 0.3 is 0 Å². The van der Waals surface area contributed by atoms with Gasteiger partial charge in [-0.25, -0.2) is 0 Å².